The molecule has 0 saturated heterocycles. The van der Waals surface area contributed by atoms with Gasteiger partial charge < -0.3 is 14.5 Å². The summed E-state index contributed by atoms with van der Waals surface area (Å²) in [5.74, 6) is -0.0523. The Bertz CT molecular complexity index is 1050. The van der Waals surface area contributed by atoms with E-state index in [1.165, 1.54) is 13.0 Å². The van der Waals surface area contributed by atoms with Crippen molar-refractivity contribution < 1.29 is 14.3 Å². The third-order valence-electron chi connectivity index (χ3n) is 3.84. The Morgan fingerprint density at radius 2 is 1.89 bits per heavy atom. The maximum atomic E-state index is 12.3. The Morgan fingerprint density at radius 1 is 1.15 bits per heavy atom. The first-order valence-electron chi connectivity index (χ1n) is 8.16. The molecule has 2 atom stereocenters. The van der Waals surface area contributed by atoms with Crippen LogP contribution in [0.2, 0.25) is 10.0 Å². The number of halogens is 2. The van der Waals surface area contributed by atoms with Crippen LogP contribution in [0.5, 0.6) is 5.75 Å². The molecule has 0 unspecified atom stereocenters. The summed E-state index contributed by atoms with van der Waals surface area (Å²) < 4.78 is 10.9. The van der Waals surface area contributed by atoms with E-state index in [1.54, 1.807) is 43.3 Å². The molecule has 8 heteroatoms. The number of aromatic amines is 1. The molecule has 0 aliphatic rings. The standard InChI is InChI=1S/C19H16Cl2N2O4/c1-10(17-22-15-6-4-3-5-13(15)18(24)23-17)27-19(25)11(2)26-16-8-7-12(20)9-14(16)21/h3-11H,1-2H3,(H,22,23,24)/t10-,11-/m0/s1. The van der Waals surface area contributed by atoms with E-state index in [0.29, 0.717) is 21.7 Å². The van der Waals surface area contributed by atoms with Crippen LogP contribution < -0.4 is 10.3 Å². The number of aromatic nitrogens is 2. The van der Waals surface area contributed by atoms with E-state index < -0.39 is 18.2 Å². The SMILES string of the molecule is C[C@H](Oc1ccc(Cl)cc1Cl)C(=O)O[C@@H](C)c1nc2ccccc2c(=O)[nH]1. The number of carbonyl (C=O) groups is 1. The van der Waals surface area contributed by atoms with Gasteiger partial charge in [-0.2, -0.15) is 0 Å². The van der Waals surface area contributed by atoms with Crippen LogP contribution in [0.3, 0.4) is 0 Å². The van der Waals surface area contributed by atoms with Gasteiger partial charge in [0, 0.05) is 5.02 Å². The van der Waals surface area contributed by atoms with Gasteiger partial charge in [-0.3, -0.25) is 4.79 Å². The average Bonchev–Trinajstić information content (AvgIpc) is 2.63. The highest BCUT2D eigenvalue weighted by Gasteiger charge is 2.22. The maximum Gasteiger partial charge on any atom is 0.347 e. The fourth-order valence-electron chi connectivity index (χ4n) is 2.43. The second kappa shape index (κ2) is 7.98. The summed E-state index contributed by atoms with van der Waals surface area (Å²) in [6, 6.07) is 11.6. The highest BCUT2D eigenvalue weighted by atomic mass is 35.5. The molecule has 6 nitrogen and oxygen atoms in total. The van der Waals surface area contributed by atoms with Crippen molar-refractivity contribution in [2.24, 2.45) is 0 Å². The van der Waals surface area contributed by atoms with Crippen LogP contribution >= 0.6 is 23.2 Å². The molecule has 0 radical (unpaired) electrons. The average molecular weight is 407 g/mol. The maximum absolute atomic E-state index is 12.3. The summed E-state index contributed by atoms with van der Waals surface area (Å²) in [6.07, 6.45) is -1.68. The van der Waals surface area contributed by atoms with Crippen LogP contribution in [0.15, 0.2) is 47.3 Å². The van der Waals surface area contributed by atoms with Gasteiger partial charge >= 0.3 is 5.97 Å². The van der Waals surface area contributed by atoms with Crippen LogP contribution in [0, 0.1) is 0 Å². The van der Waals surface area contributed by atoms with Crippen molar-refractivity contribution in [2.75, 3.05) is 0 Å². The van der Waals surface area contributed by atoms with E-state index in [0.717, 1.165) is 0 Å². The first-order valence-corrected chi connectivity index (χ1v) is 8.92. The van der Waals surface area contributed by atoms with Gasteiger partial charge in [-0.1, -0.05) is 35.3 Å². The third-order valence-corrected chi connectivity index (χ3v) is 4.37. The summed E-state index contributed by atoms with van der Waals surface area (Å²) in [7, 11) is 0. The van der Waals surface area contributed by atoms with Crippen LogP contribution in [0.25, 0.3) is 10.9 Å². The molecule has 0 spiro atoms. The molecule has 1 heterocycles. The number of ether oxygens (including phenoxy) is 2. The van der Waals surface area contributed by atoms with Crippen molar-refractivity contribution in [3.8, 4) is 5.75 Å². The number of H-pyrrole nitrogens is 1. The third kappa shape index (κ3) is 4.40. The lowest BCUT2D eigenvalue weighted by Gasteiger charge is -2.18. The second-order valence-corrected chi connectivity index (χ2v) is 6.73. The fraction of sp³-hybridized carbons (Fsp3) is 0.211. The quantitative estimate of drug-likeness (QED) is 0.638. The molecular formula is C19H16Cl2N2O4. The van der Waals surface area contributed by atoms with Gasteiger partial charge in [0.2, 0.25) is 0 Å². The normalized spacial score (nSPS) is 13.2. The monoisotopic (exact) mass is 406 g/mol. The molecule has 2 aromatic carbocycles. The van der Waals surface area contributed by atoms with Crippen LogP contribution in [-0.4, -0.2) is 22.0 Å². The topological polar surface area (TPSA) is 81.3 Å². The minimum atomic E-state index is -0.918. The lowest BCUT2D eigenvalue weighted by molar-refractivity contribution is -0.156. The van der Waals surface area contributed by atoms with Crippen molar-refractivity contribution in [2.45, 2.75) is 26.1 Å². The number of esters is 1. The molecule has 1 aromatic heterocycles. The molecule has 0 saturated carbocycles. The molecule has 1 N–H and O–H groups in total. The minimum absolute atomic E-state index is 0.253. The van der Waals surface area contributed by atoms with Gasteiger partial charge in [-0.05, 0) is 44.2 Å². The molecule has 0 fully saturated rings. The zero-order chi connectivity index (χ0) is 19.6. The second-order valence-electron chi connectivity index (χ2n) is 5.88. The Morgan fingerprint density at radius 3 is 2.63 bits per heavy atom. The van der Waals surface area contributed by atoms with E-state index >= 15 is 0 Å². The van der Waals surface area contributed by atoms with Crippen molar-refractivity contribution in [1.29, 1.82) is 0 Å². The van der Waals surface area contributed by atoms with Gasteiger partial charge in [0.05, 0.1) is 15.9 Å². The van der Waals surface area contributed by atoms with Crippen molar-refractivity contribution >= 4 is 40.1 Å². The Hall–Kier alpha value is -2.57. The molecule has 3 rings (SSSR count). The summed E-state index contributed by atoms with van der Waals surface area (Å²) >= 11 is 11.9. The molecule has 27 heavy (non-hydrogen) atoms. The summed E-state index contributed by atoms with van der Waals surface area (Å²) in [5.41, 5.74) is 0.229. The number of nitrogens with zero attached hydrogens (tertiary/aromatic N) is 1. The van der Waals surface area contributed by atoms with Crippen molar-refractivity contribution in [3.05, 3.63) is 68.7 Å². The smallest absolute Gasteiger partial charge is 0.347 e. The van der Waals surface area contributed by atoms with E-state index in [9.17, 15) is 9.59 Å². The zero-order valence-corrected chi connectivity index (χ0v) is 16.0. The summed E-state index contributed by atoms with van der Waals surface area (Å²) in [5, 5.41) is 1.21. The highest BCUT2D eigenvalue weighted by Crippen LogP contribution is 2.28. The molecule has 0 aliphatic carbocycles. The Balaban J connectivity index is 1.72. The molecule has 140 valence electrons. The van der Waals surface area contributed by atoms with E-state index in [4.69, 9.17) is 32.7 Å². The van der Waals surface area contributed by atoms with Gasteiger partial charge in [0.1, 0.15) is 5.75 Å². The van der Waals surface area contributed by atoms with Crippen LogP contribution in [0.1, 0.15) is 25.8 Å². The molecule has 0 amide bonds. The minimum Gasteiger partial charge on any atom is -0.477 e. The molecule has 0 bridgehead atoms. The van der Waals surface area contributed by atoms with Gasteiger partial charge in [0.25, 0.3) is 5.56 Å². The van der Waals surface area contributed by atoms with Crippen molar-refractivity contribution in [3.63, 3.8) is 0 Å². The first-order chi connectivity index (χ1) is 12.8. The van der Waals surface area contributed by atoms with Crippen LogP contribution in [0.4, 0.5) is 0 Å². The number of fused-ring (bicyclic) bond motifs is 1. The van der Waals surface area contributed by atoms with E-state index in [-0.39, 0.29) is 16.4 Å². The molecule has 0 aliphatic heterocycles. The number of carbonyl (C=O) groups excluding carboxylic acids is 1. The largest absolute Gasteiger partial charge is 0.477 e. The lowest BCUT2D eigenvalue weighted by atomic mass is 10.2. The highest BCUT2D eigenvalue weighted by molar-refractivity contribution is 6.35. The van der Waals surface area contributed by atoms with E-state index in [1.807, 2.05) is 0 Å². The van der Waals surface area contributed by atoms with Gasteiger partial charge in [-0.15, -0.1) is 0 Å². The number of hydrogen-bond donors (Lipinski definition) is 1. The predicted octanol–water partition coefficient (Wildman–Crippen LogP) is 4.30. The number of nitrogens with one attached hydrogen (secondary N) is 1. The van der Waals surface area contributed by atoms with E-state index in [2.05, 4.69) is 9.97 Å². The summed E-state index contributed by atoms with van der Waals surface area (Å²) in [4.78, 5) is 31.5. The fourth-order valence-corrected chi connectivity index (χ4v) is 2.89. The van der Waals surface area contributed by atoms with Gasteiger partial charge in [0.15, 0.2) is 18.0 Å². The Kier molecular flexibility index (Phi) is 5.68. The Labute approximate surface area is 165 Å². The molecule has 3 aromatic rings. The predicted molar refractivity (Wildman–Crippen MR) is 103 cm³/mol. The zero-order valence-electron chi connectivity index (χ0n) is 14.5. The first kappa shape index (κ1) is 19.2. The number of para-hydroxylation sites is 1. The van der Waals surface area contributed by atoms with Crippen molar-refractivity contribution in [1.82, 2.24) is 9.97 Å². The number of benzene rings is 2. The summed E-state index contributed by atoms with van der Waals surface area (Å²) in [6.45, 7) is 3.16. The lowest BCUT2D eigenvalue weighted by Crippen LogP contribution is -2.28. The number of rotatable bonds is 5. The number of hydrogen-bond acceptors (Lipinski definition) is 5. The van der Waals surface area contributed by atoms with Crippen LogP contribution in [-0.2, 0) is 9.53 Å². The van der Waals surface area contributed by atoms with Gasteiger partial charge in [-0.25, -0.2) is 9.78 Å². The molecular weight excluding hydrogens is 391 g/mol.